The van der Waals surface area contributed by atoms with Crippen molar-refractivity contribution in [2.75, 3.05) is 13.1 Å². The predicted molar refractivity (Wildman–Crippen MR) is 51.3 cm³/mol. The van der Waals surface area contributed by atoms with E-state index in [9.17, 15) is 4.79 Å². The first-order valence-corrected chi connectivity index (χ1v) is 5.16. The van der Waals surface area contributed by atoms with Crippen LogP contribution in [0.2, 0.25) is 0 Å². The van der Waals surface area contributed by atoms with Crippen molar-refractivity contribution < 1.29 is 9.90 Å². The maximum Gasteiger partial charge on any atom is 0.222 e. The predicted octanol–water partition coefficient (Wildman–Crippen LogP) is 1.16. The number of rotatable bonds is 3. The Labute approximate surface area is 79.7 Å². The highest BCUT2D eigenvalue weighted by atomic mass is 16.3. The van der Waals surface area contributed by atoms with Gasteiger partial charge in [-0.2, -0.15) is 0 Å². The van der Waals surface area contributed by atoms with E-state index in [0.717, 1.165) is 32.4 Å². The van der Waals surface area contributed by atoms with Gasteiger partial charge in [0.2, 0.25) is 5.91 Å². The van der Waals surface area contributed by atoms with Crippen LogP contribution in [-0.2, 0) is 4.79 Å². The van der Waals surface area contributed by atoms with Crippen LogP contribution >= 0.6 is 0 Å². The van der Waals surface area contributed by atoms with Crippen molar-refractivity contribution in [3.05, 3.63) is 0 Å². The summed E-state index contributed by atoms with van der Waals surface area (Å²) in [6, 6.07) is 0. The number of hydrogen-bond acceptors (Lipinski definition) is 2. The number of carbonyl (C=O) groups is 1. The summed E-state index contributed by atoms with van der Waals surface area (Å²) in [4.78, 5) is 13.4. The lowest BCUT2D eigenvalue weighted by molar-refractivity contribution is -0.130. The van der Waals surface area contributed by atoms with E-state index in [0.29, 0.717) is 12.8 Å². The Morgan fingerprint density at radius 1 is 1.46 bits per heavy atom. The summed E-state index contributed by atoms with van der Waals surface area (Å²) >= 11 is 0. The van der Waals surface area contributed by atoms with Gasteiger partial charge in [-0.05, 0) is 26.2 Å². The summed E-state index contributed by atoms with van der Waals surface area (Å²) in [6.07, 6.45) is 4.41. The minimum absolute atomic E-state index is 0.262. The summed E-state index contributed by atoms with van der Waals surface area (Å²) in [7, 11) is 0. The number of nitrogens with zero attached hydrogens (tertiary/aromatic N) is 1. The van der Waals surface area contributed by atoms with Gasteiger partial charge in [0.1, 0.15) is 0 Å². The number of hydrogen-bond donors (Lipinski definition) is 1. The van der Waals surface area contributed by atoms with E-state index in [2.05, 4.69) is 0 Å². The standard InChI is InChI=1S/C10H19NO2/c1-9(12)6-8-11-7-4-2-3-5-10(11)13/h9,12H,2-8H2,1H3. The molecule has 0 spiro atoms. The van der Waals surface area contributed by atoms with Gasteiger partial charge in [-0.1, -0.05) is 6.42 Å². The molecule has 0 aromatic heterocycles. The maximum absolute atomic E-state index is 11.5. The normalized spacial score (nSPS) is 21.4. The monoisotopic (exact) mass is 185 g/mol. The number of aliphatic hydroxyl groups excluding tert-OH is 1. The highest BCUT2D eigenvalue weighted by molar-refractivity contribution is 5.76. The quantitative estimate of drug-likeness (QED) is 0.716. The van der Waals surface area contributed by atoms with E-state index in [1.807, 2.05) is 4.90 Å². The molecule has 0 aliphatic carbocycles. The molecule has 1 unspecified atom stereocenters. The van der Waals surface area contributed by atoms with Crippen molar-refractivity contribution in [3.63, 3.8) is 0 Å². The number of aliphatic hydroxyl groups is 1. The lowest BCUT2D eigenvalue weighted by Crippen LogP contribution is -2.32. The summed E-state index contributed by atoms with van der Waals surface area (Å²) in [6.45, 7) is 3.37. The van der Waals surface area contributed by atoms with Crippen LogP contribution in [0.15, 0.2) is 0 Å². The van der Waals surface area contributed by atoms with Crippen LogP contribution in [0.25, 0.3) is 0 Å². The Morgan fingerprint density at radius 3 is 2.92 bits per heavy atom. The largest absolute Gasteiger partial charge is 0.393 e. The summed E-state index contributed by atoms with van der Waals surface area (Å²) in [5, 5.41) is 9.10. The average molecular weight is 185 g/mol. The first-order valence-electron chi connectivity index (χ1n) is 5.16. The molecule has 1 amide bonds. The molecule has 1 atom stereocenters. The first kappa shape index (κ1) is 10.5. The zero-order chi connectivity index (χ0) is 9.68. The van der Waals surface area contributed by atoms with Gasteiger partial charge in [-0.15, -0.1) is 0 Å². The van der Waals surface area contributed by atoms with Crippen LogP contribution in [0.3, 0.4) is 0 Å². The SMILES string of the molecule is CC(O)CCN1CCCCCC1=O. The Bertz CT molecular complexity index is 168. The first-order chi connectivity index (χ1) is 6.20. The van der Waals surface area contributed by atoms with Crippen molar-refractivity contribution in [2.45, 2.75) is 45.1 Å². The molecule has 0 saturated carbocycles. The summed E-state index contributed by atoms with van der Waals surface area (Å²) in [5.41, 5.74) is 0. The Kier molecular flexibility index (Phi) is 4.22. The number of amides is 1. The molecule has 1 rings (SSSR count). The highest BCUT2D eigenvalue weighted by Gasteiger charge is 2.16. The van der Waals surface area contributed by atoms with E-state index in [4.69, 9.17) is 5.11 Å². The molecule has 3 nitrogen and oxygen atoms in total. The van der Waals surface area contributed by atoms with E-state index in [1.165, 1.54) is 0 Å². The zero-order valence-electron chi connectivity index (χ0n) is 8.33. The molecule has 13 heavy (non-hydrogen) atoms. The van der Waals surface area contributed by atoms with Crippen molar-refractivity contribution in [1.29, 1.82) is 0 Å². The molecule has 0 aromatic rings. The van der Waals surface area contributed by atoms with E-state index in [-0.39, 0.29) is 12.0 Å². The van der Waals surface area contributed by atoms with Crippen LogP contribution in [0.4, 0.5) is 0 Å². The van der Waals surface area contributed by atoms with Gasteiger partial charge >= 0.3 is 0 Å². The second kappa shape index (κ2) is 5.22. The van der Waals surface area contributed by atoms with Gasteiger partial charge in [-0.25, -0.2) is 0 Å². The van der Waals surface area contributed by atoms with E-state index in [1.54, 1.807) is 6.92 Å². The van der Waals surface area contributed by atoms with Crippen LogP contribution < -0.4 is 0 Å². The van der Waals surface area contributed by atoms with Gasteiger partial charge < -0.3 is 10.0 Å². The molecular formula is C10H19NO2. The molecule has 0 aromatic carbocycles. The highest BCUT2D eigenvalue weighted by Crippen LogP contribution is 2.11. The number of likely N-dealkylation sites (tertiary alicyclic amines) is 1. The second-order valence-corrected chi connectivity index (χ2v) is 3.83. The van der Waals surface area contributed by atoms with Gasteiger partial charge in [0.25, 0.3) is 0 Å². The minimum Gasteiger partial charge on any atom is -0.393 e. The molecule has 1 aliphatic rings. The van der Waals surface area contributed by atoms with Crippen molar-refractivity contribution in [1.82, 2.24) is 4.90 Å². The molecule has 76 valence electrons. The molecule has 0 bridgehead atoms. The third-order valence-electron chi connectivity index (χ3n) is 2.49. The fraction of sp³-hybridized carbons (Fsp3) is 0.900. The lowest BCUT2D eigenvalue weighted by Gasteiger charge is -2.20. The van der Waals surface area contributed by atoms with Gasteiger partial charge in [0.15, 0.2) is 0 Å². The average Bonchev–Trinajstić information content (AvgIpc) is 2.27. The van der Waals surface area contributed by atoms with E-state index < -0.39 is 0 Å². The third-order valence-corrected chi connectivity index (χ3v) is 2.49. The molecule has 1 fully saturated rings. The van der Waals surface area contributed by atoms with E-state index >= 15 is 0 Å². The summed E-state index contributed by atoms with van der Waals surface area (Å²) in [5.74, 6) is 0.262. The fourth-order valence-electron chi connectivity index (χ4n) is 1.62. The Balaban J connectivity index is 2.32. The molecule has 1 aliphatic heterocycles. The van der Waals surface area contributed by atoms with Crippen LogP contribution in [0.1, 0.15) is 39.0 Å². The van der Waals surface area contributed by atoms with Gasteiger partial charge in [-0.3, -0.25) is 4.79 Å². The fourth-order valence-corrected chi connectivity index (χ4v) is 1.62. The van der Waals surface area contributed by atoms with Gasteiger partial charge in [0.05, 0.1) is 6.10 Å². The number of carbonyl (C=O) groups excluding carboxylic acids is 1. The molecule has 3 heteroatoms. The molecular weight excluding hydrogens is 166 g/mol. The Hall–Kier alpha value is -0.570. The van der Waals surface area contributed by atoms with Crippen molar-refractivity contribution >= 4 is 5.91 Å². The smallest absolute Gasteiger partial charge is 0.222 e. The second-order valence-electron chi connectivity index (χ2n) is 3.83. The molecule has 1 saturated heterocycles. The summed E-state index contributed by atoms with van der Waals surface area (Å²) < 4.78 is 0. The molecule has 1 heterocycles. The maximum atomic E-state index is 11.5. The minimum atomic E-state index is -0.295. The Morgan fingerprint density at radius 2 is 2.23 bits per heavy atom. The van der Waals surface area contributed by atoms with Crippen molar-refractivity contribution in [3.8, 4) is 0 Å². The van der Waals surface area contributed by atoms with Crippen LogP contribution in [0.5, 0.6) is 0 Å². The van der Waals surface area contributed by atoms with Crippen LogP contribution in [0, 0.1) is 0 Å². The molecule has 0 radical (unpaired) electrons. The van der Waals surface area contributed by atoms with Crippen LogP contribution in [-0.4, -0.2) is 35.1 Å². The zero-order valence-corrected chi connectivity index (χ0v) is 8.33. The lowest BCUT2D eigenvalue weighted by atomic mass is 10.2. The topological polar surface area (TPSA) is 40.5 Å². The van der Waals surface area contributed by atoms with Gasteiger partial charge in [0, 0.05) is 19.5 Å². The van der Waals surface area contributed by atoms with Crippen molar-refractivity contribution in [2.24, 2.45) is 0 Å². The third kappa shape index (κ3) is 3.77. The molecule has 1 N–H and O–H groups in total.